The summed E-state index contributed by atoms with van der Waals surface area (Å²) in [5.74, 6) is 0.665. The number of hydrogen-bond donors (Lipinski definition) is 2. The number of aliphatic hydroxyl groups is 1. The van der Waals surface area contributed by atoms with Crippen molar-refractivity contribution in [3.63, 3.8) is 0 Å². The van der Waals surface area contributed by atoms with Crippen LogP contribution in [0.1, 0.15) is 12.8 Å². The zero-order valence-corrected chi connectivity index (χ0v) is 12.6. The molecule has 1 heterocycles. The Kier molecular flexibility index (Phi) is 4.68. The summed E-state index contributed by atoms with van der Waals surface area (Å²) in [6.45, 7) is 1.29. The summed E-state index contributed by atoms with van der Waals surface area (Å²) in [5.41, 5.74) is 1.20. The molecule has 7 nitrogen and oxygen atoms in total. The van der Waals surface area contributed by atoms with Crippen LogP contribution in [-0.4, -0.2) is 40.9 Å². The van der Waals surface area contributed by atoms with E-state index in [1.807, 2.05) is 0 Å². The van der Waals surface area contributed by atoms with E-state index in [4.69, 9.17) is 4.74 Å². The highest BCUT2D eigenvalue weighted by Crippen LogP contribution is 2.30. The number of ether oxygens (including phenoxy) is 1. The number of rotatable bonds is 8. The molecule has 122 valence electrons. The van der Waals surface area contributed by atoms with Crippen LogP contribution in [0.4, 0.5) is 11.4 Å². The Bertz CT molecular complexity index is 703. The number of non-ortho nitro benzene ring substituents is 1. The van der Waals surface area contributed by atoms with E-state index in [0.29, 0.717) is 35.7 Å². The number of nitro benzene ring substituents is 1. The van der Waals surface area contributed by atoms with Gasteiger partial charge in [-0.15, -0.1) is 0 Å². The van der Waals surface area contributed by atoms with Crippen molar-refractivity contribution in [1.82, 2.24) is 4.98 Å². The van der Waals surface area contributed by atoms with Crippen LogP contribution in [0.5, 0.6) is 0 Å². The fraction of sp³-hybridized carbons (Fsp3) is 0.438. The first-order valence-corrected chi connectivity index (χ1v) is 7.67. The van der Waals surface area contributed by atoms with Crippen molar-refractivity contribution in [2.75, 3.05) is 25.1 Å². The lowest BCUT2D eigenvalue weighted by Crippen LogP contribution is -2.25. The average molecular weight is 317 g/mol. The molecule has 0 spiro atoms. The van der Waals surface area contributed by atoms with Crippen molar-refractivity contribution in [2.45, 2.75) is 18.9 Å². The average Bonchev–Trinajstić information content (AvgIpc) is 3.36. The molecule has 1 unspecified atom stereocenters. The van der Waals surface area contributed by atoms with E-state index in [1.165, 1.54) is 18.9 Å². The second kappa shape index (κ2) is 6.89. The molecule has 2 N–H and O–H groups in total. The van der Waals surface area contributed by atoms with E-state index in [2.05, 4.69) is 10.3 Å². The summed E-state index contributed by atoms with van der Waals surface area (Å²) < 4.78 is 5.45. The van der Waals surface area contributed by atoms with E-state index >= 15 is 0 Å². The Hall–Kier alpha value is -2.25. The first-order chi connectivity index (χ1) is 11.1. The molecule has 1 saturated carbocycles. The summed E-state index contributed by atoms with van der Waals surface area (Å²) >= 11 is 0. The Balaban J connectivity index is 1.65. The Labute approximate surface area is 133 Å². The number of aliphatic hydroxyl groups excluding tert-OH is 1. The highest BCUT2D eigenvalue weighted by atomic mass is 16.6. The SMILES string of the molecule is O=[N+]([O-])c1ccc(NCC(O)COCC2CC2)c2ncccc12. The second-order valence-electron chi connectivity index (χ2n) is 5.80. The van der Waals surface area contributed by atoms with Crippen LogP contribution in [0.15, 0.2) is 30.5 Å². The van der Waals surface area contributed by atoms with E-state index in [9.17, 15) is 15.2 Å². The highest BCUT2D eigenvalue weighted by molar-refractivity contribution is 5.96. The minimum Gasteiger partial charge on any atom is -0.389 e. The molecular formula is C16H19N3O4. The van der Waals surface area contributed by atoms with Gasteiger partial charge < -0.3 is 15.2 Å². The Morgan fingerprint density at radius 3 is 3.00 bits per heavy atom. The van der Waals surface area contributed by atoms with Gasteiger partial charge in [-0.2, -0.15) is 0 Å². The normalized spacial score (nSPS) is 15.5. The molecule has 1 aromatic heterocycles. The predicted molar refractivity (Wildman–Crippen MR) is 86.4 cm³/mol. The van der Waals surface area contributed by atoms with Crippen LogP contribution in [0.2, 0.25) is 0 Å². The van der Waals surface area contributed by atoms with Gasteiger partial charge in [0, 0.05) is 25.4 Å². The molecule has 1 fully saturated rings. The van der Waals surface area contributed by atoms with Crippen molar-refractivity contribution in [2.24, 2.45) is 5.92 Å². The third kappa shape index (κ3) is 3.94. The number of hydrogen-bond acceptors (Lipinski definition) is 6. The van der Waals surface area contributed by atoms with Crippen molar-refractivity contribution < 1.29 is 14.8 Å². The van der Waals surface area contributed by atoms with Gasteiger partial charge in [0.15, 0.2) is 0 Å². The number of fused-ring (bicyclic) bond motifs is 1. The standard InChI is InChI=1S/C16H19N3O4/c20-12(10-23-9-11-3-4-11)8-18-14-5-6-15(19(21)22)13-2-1-7-17-16(13)14/h1-2,5-7,11-12,18,20H,3-4,8-10H2. The lowest BCUT2D eigenvalue weighted by molar-refractivity contribution is -0.383. The van der Waals surface area contributed by atoms with Crippen LogP contribution < -0.4 is 5.32 Å². The van der Waals surface area contributed by atoms with Gasteiger partial charge in [-0.25, -0.2) is 0 Å². The van der Waals surface area contributed by atoms with Gasteiger partial charge in [0.2, 0.25) is 0 Å². The van der Waals surface area contributed by atoms with Crippen LogP contribution in [0.25, 0.3) is 10.9 Å². The molecule has 1 atom stereocenters. The fourth-order valence-corrected chi connectivity index (χ4v) is 2.40. The predicted octanol–water partition coefficient (Wildman–Crippen LogP) is 2.34. The molecule has 1 aliphatic rings. The van der Waals surface area contributed by atoms with E-state index in [1.54, 1.807) is 24.4 Å². The van der Waals surface area contributed by atoms with Crippen molar-refractivity contribution in [3.8, 4) is 0 Å². The summed E-state index contributed by atoms with van der Waals surface area (Å²) in [5, 5.41) is 24.6. The first kappa shape index (κ1) is 15.6. The van der Waals surface area contributed by atoms with Gasteiger partial charge in [0.1, 0.15) is 5.52 Å². The highest BCUT2D eigenvalue weighted by Gasteiger charge is 2.21. The van der Waals surface area contributed by atoms with Crippen LogP contribution >= 0.6 is 0 Å². The molecule has 0 saturated heterocycles. The fourth-order valence-electron chi connectivity index (χ4n) is 2.40. The summed E-state index contributed by atoms with van der Waals surface area (Å²) in [4.78, 5) is 14.9. The molecule has 0 amide bonds. The van der Waals surface area contributed by atoms with E-state index in [0.717, 1.165) is 0 Å². The number of nitrogens with zero attached hydrogens (tertiary/aromatic N) is 2. The molecule has 1 aliphatic carbocycles. The number of nitrogens with one attached hydrogen (secondary N) is 1. The first-order valence-electron chi connectivity index (χ1n) is 7.67. The Morgan fingerprint density at radius 2 is 2.26 bits per heavy atom. The lowest BCUT2D eigenvalue weighted by atomic mass is 10.1. The van der Waals surface area contributed by atoms with E-state index < -0.39 is 11.0 Å². The number of pyridine rings is 1. The van der Waals surface area contributed by atoms with Gasteiger partial charge in [-0.05, 0) is 37.0 Å². The summed E-state index contributed by atoms with van der Waals surface area (Å²) in [6, 6.07) is 6.40. The van der Waals surface area contributed by atoms with Crippen LogP contribution in [0.3, 0.4) is 0 Å². The quantitative estimate of drug-likeness (QED) is 0.573. The zero-order valence-electron chi connectivity index (χ0n) is 12.6. The second-order valence-corrected chi connectivity index (χ2v) is 5.80. The van der Waals surface area contributed by atoms with Gasteiger partial charge in [0.25, 0.3) is 5.69 Å². The maximum absolute atomic E-state index is 11.1. The van der Waals surface area contributed by atoms with Crippen LogP contribution in [0, 0.1) is 16.0 Å². The summed E-state index contributed by atoms with van der Waals surface area (Å²) in [6.07, 6.45) is 3.39. The molecule has 0 radical (unpaired) electrons. The van der Waals surface area contributed by atoms with Gasteiger partial charge >= 0.3 is 0 Å². The smallest absolute Gasteiger partial charge is 0.278 e. The molecule has 23 heavy (non-hydrogen) atoms. The molecule has 7 heteroatoms. The zero-order chi connectivity index (χ0) is 16.2. The molecular weight excluding hydrogens is 298 g/mol. The van der Waals surface area contributed by atoms with E-state index in [-0.39, 0.29) is 12.3 Å². The molecule has 1 aromatic carbocycles. The summed E-state index contributed by atoms with van der Waals surface area (Å²) in [7, 11) is 0. The maximum atomic E-state index is 11.1. The van der Waals surface area contributed by atoms with Crippen molar-refractivity contribution in [1.29, 1.82) is 0 Å². The maximum Gasteiger partial charge on any atom is 0.278 e. The number of benzene rings is 1. The minimum absolute atomic E-state index is 0.0203. The molecule has 3 rings (SSSR count). The number of anilines is 1. The molecule has 0 bridgehead atoms. The number of aromatic nitrogens is 1. The van der Waals surface area contributed by atoms with Gasteiger partial charge in [-0.1, -0.05) is 0 Å². The van der Waals surface area contributed by atoms with Crippen molar-refractivity contribution >= 4 is 22.3 Å². The minimum atomic E-state index is -0.636. The topological polar surface area (TPSA) is 97.5 Å². The third-order valence-electron chi connectivity index (χ3n) is 3.83. The molecule has 2 aromatic rings. The third-order valence-corrected chi connectivity index (χ3v) is 3.83. The molecule has 0 aliphatic heterocycles. The largest absolute Gasteiger partial charge is 0.389 e. The van der Waals surface area contributed by atoms with Gasteiger partial charge in [0.05, 0.1) is 28.7 Å². The Morgan fingerprint density at radius 1 is 1.43 bits per heavy atom. The monoisotopic (exact) mass is 317 g/mol. The van der Waals surface area contributed by atoms with Gasteiger partial charge in [-0.3, -0.25) is 15.1 Å². The van der Waals surface area contributed by atoms with Crippen molar-refractivity contribution in [3.05, 3.63) is 40.6 Å². The van der Waals surface area contributed by atoms with Crippen LogP contribution in [-0.2, 0) is 4.74 Å². The lowest BCUT2D eigenvalue weighted by Gasteiger charge is -2.14. The number of nitro groups is 1.